The van der Waals surface area contributed by atoms with Crippen LogP contribution in [0.5, 0.6) is 0 Å². The van der Waals surface area contributed by atoms with Crippen LogP contribution in [0.2, 0.25) is 0 Å². The fraction of sp³-hybridized carbons (Fsp3) is 0.500. The molecule has 0 aliphatic heterocycles. The molecule has 1 unspecified atom stereocenters. The minimum Gasteiger partial charge on any atom is -0.149 e. The summed E-state index contributed by atoms with van der Waals surface area (Å²) in [6.45, 7) is 1.97. The first kappa shape index (κ1) is 6.91. The third kappa shape index (κ3) is 2.59. The lowest BCUT2D eigenvalue weighted by molar-refractivity contribution is 1.28. The van der Waals surface area contributed by atoms with E-state index in [1.807, 2.05) is 19.6 Å². The molecule has 7 heavy (non-hydrogen) atoms. The number of terminal acetylenes is 1. The van der Waals surface area contributed by atoms with Crippen molar-refractivity contribution in [2.75, 3.05) is 6.26 Å². The van der Waals surface area contributed by atoms with Gasteiger partial charge in [0.05, 0.1) is 5.25 Å². The van der Waals surface area contributed by atoms with Crippen molar-refractivity contribution in [3.05, 3.63) is 6.42 Å². The van der Waals surface area contributed by atoms with Gasteiger partial charge in [0.1, 0.15) is 0 Å². The number of hydrogen-bond donors (Lipinski definition) is 0. The van der Waals surface area contributed by atoms with Crippen molar-refractivity contribution in [3.63, 3.8) is 0 Å². The van der Waals surface area contributed by atoms with Gasteiger partial charge in [-0.2, -0.15) is 0 Å². The molecule has 1 atom stereocenters. The fourth-order valence-electron chi connectivity index (χ4n) is 0.300. The molecule has 0 saturated heterocycles. The predicted octanol–water partition coefficient (Wildman–Crippen LogP) is 1.58. The number of thioether (sulfide) groups is 1. The third-order valence-corrected chi connectivity index (χ3v) is 1.64. The molecule has 0 amide bonds. The monoisotopic (exact) mass is 113 g/mol. The summed E-state index contributed by atoms with van der Waals surface area (Å²) >= 11 is 1.68. The summed E-state index contributed by atoms with van der Waals surface area (Å²) in [4.78, 5) is 0. The van der Waals surface area contributed by atoms with Crippen LogP contribution in [-0.2, 0) is 0 Å². The van der Waals surface area contributed by atoms with E-state index in [0.717, 1.165) is 0 Å². The Hall–Kier alpha value is -0.0900. The average Bonchev–Trinajstić information content (AvgIpc) is 1.72. The highest BCUT2D eigenvalue weighted by molar-refractivity contribution is 7.99. The molecule has 0 nitrogen and oxygen atoms in total. The maximum absolute atomic E-state index is 5.09. The Morgan fingerprint density at radius 1 is 1.86 bits per heavy atom. The van der Waals surface area contributed by atoms with Crippen molar-refractivity contribution < 1.29 is 0 Å². The standard InChI is InChI=1S/C6H9S/c1-4-6(5-2)7-3/h1,5-6H,2-3H3. The maximum Gasteiger partial charge on any atom is 0.0680 e. The van der Waals surface area contributed by atoms with E-state index in [4.69, 9.17) is 6.42 Å². The van der Waals surface area contributed by atoms with E-state index in [2.05, 4.69) is 5.92 Å². The molecule has 0 saturated carbocycles. The van der Waals surface area contributed by atoms with E-state index >= 15 is 0 Å². The Labute approximate surface area is 49.7 Å². The second-order valence-corrected chi connectivity index (χ2v) is 2.14. The summed E-state index contributed by atoms with van der Waals surface area (Å²) in [7, 11) is 0. The largest absolute Gasteiger partial charge is 0.149 e. The first-order valence-corrected chi connectivity index (χ1v) is 3.42. The van der Waals surface area contributed by atoms with Gasteiger partial charge in [0.15, 0.2) is 0 Å². The van der Waals surface area contributed by atoms with Gasteiger partial charge in [-0.25, -0.2) is 0 Å². The highest BCUT2D eigenvalue weighted by atomic mass is 32.2. The Bertz CT molecular complexity index is 66.7. The van der Waals surface area contributed by atoms with Crippen LogP contribution in [0.15, 0.2) is 0 Å². The second kappa shape index (κ2) is 4.08. The third-order valence-electron chi connectivity index (χ3n) is 0.721. The molecule has 0 fully saturated rings. The summed E-state index contributed by atoms with van der Waals surface area (Å²) in [6.07, 6.45) is 9.10. The summed E-state index contributed by atoms with van der Waals surface area (Å²) in [5.41, 5.74) is 0. The summed E-state index contributed by atoms with van der Waals surface area (Å²) in [5.74, 6) is 2.61. The van der Waals surface area contributed by atoms with Crippen molar-refractivity contribution in [1.29, 1.82) is 0 Å². The fourth-order valence-corrected chi connectivity index (χ4v) is 0.709. The quantitative estimate of drug-likeness (QED) is 0.490. The molecule has 1 radical (unpaired) electrons. The highest BCUT2D eigenvalue weighted by Gasteiger charge is 1.94. The molecule has 39 valence electrons. The van der Waals surface area contributed by atoms with Crippen LogP contribution < -0.4 is 0 Å². The molecular formula is C6H9S. The van der Waals surface area contributed by atoms with Gasteiger partial charge >= 0.3 is 0 Å². The molecule has 0 aliphatic carbocycles. The Kier molecular flexibility index (Phi) is 4.03. The van der Waals surface area contributed by atoms with Gasteiger partial charge in [-0.3, -0.25) is 0 Å². The van der Waals surface area contributed by atoms with Crippen molar-refractivity contribution in [1.82, 2.24) is 0 Å². The molecule has 0 N–H and O–H groups in total. The first-order chi connectivity index (χ1) is 3.35. The summed E-state index contributed by atoms with van der Waals surface area (Å²) < 4.78 is 0. The van der Waals surface area contributed by atoms with Gasteiger partial charge in [0.25, 0.3) is 0 Å². The lowest BCUT2D eigenvalue weighted by Crippen LogP contribution is -1.93. The van der Waals surface area contributed by atoms with Crippen molar-refractivity contribution in [2.45, 2.75) is 12.2 Å². The normalized spacial score (nSPS) is 12.7. The van der Waals surface area contributed by atoms with Crippen LogP contribution in [0.4, 0.5) is 0 Å². The van der Waals surface area contributed by atoms with E-state index in [0.29, 0.717) is 5.25 Å². The lowest BCUT2D eigenvalue weighted by Gasteiger charge is -1.97. The number of hydrogen-bond acceptors (Lipinski definition) is 1. The zero-order chi connectivity index (χ0) is 5.70. The average molecular weight is 113 g/mol. The molecule has 0 aromatic carbocycles. The van der Waals surface area contributed by atoms with E-state index in [1.54, 1.807) is 11.8 Å². The van der Waals surface area contributed by atoms with Crippen LogP contribution in [0.1, 0.15) is 6.92 Å². The van der Waals surface area contributed by atoms with Crippen molar-refractivity contribution in [3.8, 4) is 12.3 Å². The van der Waals surface area contributed by atoms with Gasteiger partial charge in [0, 0.05) is 0 Å². The van der Waals surface area contributed by atoms with E-state index in [9.17, 15) is 0 Å². The Morgan fingerprint density at radius 3 is 2.43 bits per heavy atom. The van der Waals surface area contributed by atoms with Crippen LogP contribution in [-0.4, -0.2) is 11.5 Å². The molecule has 1 heteroatoms. The minimum atomic E-state index is 0.306. The maximum atomic E-state index is 5.09. The summed E-state index contributed by atoms with van der Waals surface area (Å²) in [6, 6.07) is 0. The second-order valence-electron chi connectivity index (χ2n) is 1.16. The molecule has 0 bridgehead atoms. The van der Waals surface area contributed by atoms with Crippen LogP contribution >= 0.6 is 11.8 Å². The van der Waals surface area contributed by atoms with E-state index in [-0.39, 0.29) is 0 Å². The summed E-state index contributed by atoms with van der Waals surface area (Å²) in [5, 5.41) is 0.306. The van der Waals surface area contributed by atoms with Crippen LogP contribution in [0.3, 0.4) is 0 Å². The van der Waals surface area contributed by atoms with Crippen molar-refractivity contribution >= 4 is 11.8 Å². The van der Waals surface area contributed by atoms with Gasteiger partial charge < -0.3 is 0 Å². The molecule has 0 aliphatic rings. The molecule has 0 aromatic heterocycles. The molecular weight excluding hydrogens is 104 g/mol. The lowest BCUT2D eigenvalue weighted by atomic mass is 10.3. The minimum absolute atomic E-state index is 0.306. The van der Waals surface area contributed by atoms with Gasteiger partial charge in [-0.15, -0.1) is 18.2 Å². The topological polar surface area (TPSA) is 0 Å². The number of rotatable bonds is 2. The SMILES string of the molecule is C#CC([CH]C)SC. The Balaban J connectivity index is 3.23. The van der Waals surface area contributed by atoms with E-state index in [1.165, 1.54) is 0 Å². The van der Waals surface area contributed by atoms with Gasteiger partial charge in [-0.05, 0) is 12.7 Å². The van der Waals surface area contributed by atoms with Crippen LogP contribution in [0.25, 0.3) is 0 Å². The first-order valence-electron chi connectivity index (χ1n) is 2.13. The zero-order valence-electron chi connectivity index (χ0n) is 4.64. The Morgan fingerprint density at radius 2 is 2.43 bits per heavy atom. The van der Waals surface area contributed by atoms with Crippen LogP contribution in [0, 0.1) is 18.8 Å². The highest BCUT2D eigenvalue weighted by Crippen LogP contribution is 2.06. The predicted molar refractivity (Wildman–Crippen MR) is 36.1 cm³/mol. The van der Waals surface area contributed by atoms with E-state index < -0.39 is 0 Å². The molecule has 0 spiro atoms. The zero-order valence-corrected chi connectivity index (χ0v) is 5.46. The molecule has 0 aromatic rings. The molecule has 0 rings (SSSR count). The van der Waals surface area contributed by atoms with Gasteiger partial charge in [-0.1, -0.05) is 12.8 Å². The van der Waals surface area contributed by atoms with Crippen molar-refractivity contribution in [2.24, 2.45) is 0 Å². The smallest absolute Gasteiger partial charge is 0.0680 e. The molecule has 0 heterocycles. The van der Waals surface area contributed by atoms with Gasteiger partial charge in [0.2, 0.25) is 0 Å².